The monoisotopic (exact) mass is 446 g/mol. The van der Waals surface area contributed by atoms with Crippen LogP contribution >= 0.6 is 15.9 Å². The van der Waals surface area contributed by atoms with Gasteiger partial charge in [0.2, 0.25) is 0 Å². The van der Waals surface area contributed by atoms with E-state index in [2.05, 4.69) is 48.2 Å². The van der Waals surface area contributed by atoms with Gasteiger partial charge in [0, 0.05) is 40.9 Å². The van der Waals surface area contributed by atoms with Gasteiger partial charge in [0.25, 0.3) is 0 Å². The van der Waals surface area contributed by atoms with Crippen molar-refractivity contribution < 1.29 is 8.42 Å². The van der Waals surface area contributed by atoms with Gasteiger partial charge in [0.15, 0.2) is 9.84 Å². The van der Waals surface area contributed by atoms with E-state index in [0.717, 1.165) is 34.9 Å². The lowest BCUT2D eigenvalue weighted by Gasteiger charge is -2.19. The number of rotatable bonds is 4. The molecule has 0 amide bonds. The molecule has 1 N–H and O–H groups in total. The van der Waals surface area contributed by atoms with Crippen molar-refractivity contribution in [2.24, 2.45) is 0 Å². The van der Waals surface area contributed by atoms with E-state index < -0.39 is 9.84 Å². The van der Waals surface area contributed by atoms with E-state index in [0.29, 0.717) is 5.82 Å². The summed E-state index contributed by atoms with van der Waals surface area (Å²) >= 11 is 3.46. The van der Waals surface area contributed by atoms with Crippen LogP contribution in [0.4, 0.5) is 11.5 Å². The second-order valence-electron chi connectivity index (χ2n) is 6.73. The molecule has 6 nitrogen and oxygen atoms in total. The standard InChI is InChI=1S/C19H19BrN4O2S/c1-27(25,26)16-6-7-18-17(10-16)19(22-12-21-18)23-14-8-9-24(11-14)15-4-2-13(20)3-5-15/h2-7,10,12,14H,8-9,11H2,1H3,(H,21,22,23). The maximum Gasteiger partial charge on any atom is 0.175 e. The number of nitrogens with zero attached hydrogens (tertiary/aromatic N) is 3. The Labute approximate surface area is 166 Å². The van der Waals surface area contributed by atoms with Crippen molar-refractivity contribution in [3.63, 3.8) is 0 Å². The van der Waals surface area contributed by atoms with Gasteiger partial charge in [0.05, 0.1) is 10.4 Å². The van der Waals surface area contributed by atoms with Gasteiger partial charge in [-0.15, -0.1) is 0 Å². The average molecular weight is 447 g/mol. The second-order valence-corrected chi connectivity index (χ2v) is 9.66. The number of hydrogen-bond donors (Lipinski definition) is 1. The van der Waals surface area contributed by atoms with Crippen LogP contribution in [0.3, 0.4) is 0 Å². The summed E-state index contributed by atoms with van der Waals surface area (Å²) in [5.74, 6) is 0.674. The van der Waals surface area contributed by atoms with E-state index in [4.69, 9.17) is 0 Å². The summed E-state index contributed by atoms with van der Waals surface area (Å²) in [7, 11) is -3.28. The minimum absolute atomic E-state index is 0.230. The lowest BCUT2D eigenvalue weighted by Crippen LogP contribution is -2.26. The third-order valence-corrected chi connectivity index (χ3v) is 6.39. The van der Waals surface area contributed by atoms with Crippen LogP contribution in [-0.4, -0.2) is 43.8 Å². The third kappa shape index (κ3) is 3.91. The highest BCUT2D eigenvalue weighted by Gasteiger charge is 2.23. The minimum atomic E-state index is -3.28. The molecule has 3 aromatic rings. The predicted octanol–water partition coefficient (Wildman–Crippen LogP) is 3.49. The Bertz CT molecular complexity index is 1090. The van der Waals surface area contributed by atoms with Crippen LogP contribution in [0.1, 0.15) is 6.42 Å². The van der Waals surface area contributed by atoms with Gasteiger partial charge in [-0.25, -0.2) is 18.4 Å². The van der Waals surface area contributed by atoms with E-state index in [-0.39, 0.29) is 10.9 Å². The van der Waals surface area contributed by atoms with Crippen molar-refractivity contribution in [1.82, 2.24) is 9.97 Å². The highest BCUT2D eigenvalue weighted by atomic mass is 79.9. The number of halogens is 1. The second kappa shape index (κ2) is 7.09. The quantitative estimate of drug-likeness (QED) is 0.660. The van der Waals surface area contributed by atoms with Gasteiger partial charge < -0.3 is 10.2 Å². The predicted molar refractivity (Wildman–Crippen MR) is 111 cm³/mol. The van der Waals surface area contributed by atoms with Crippen LogP contribution in [0.25, 0.3) is 10.9 Å². The van der Waals surface area contributed by atoms with Crippen molar-refractivity contribution in [2.75, 3.05) is 29.6 Å². The molecular formula is C19H19BrN4O2S. The molecule has 1 aliphatic rings. The van der Waals surface area contributed by atoms with Gasteiger partial charge in [0.1, 0.15) is 12.1 Å². The molecule has 0 radical (unpaired) electrons. The molecule has 1 aromatic heterocycles. The maximum absolute atomic E-state index is 11.9. The normalized spacial score (nSPS) is 17.4. The molecule has 0 saturated carbocycles. The van der Waals surface area contributed by atoms with E-state index in [1.807, 2.05) is 12.1 Å². The fourth-order valence-corrected chi connectivity index (χ4v) is 4.25. The largest absolute Gasteiger partial charge is 0.369 e. The molecule has 1 atom stereocenters. The molecule has 1 aliphatic heterocycles. The van der Waals surface area contributed by atoms with Crippen molar-refractivity contribution in [3.05, 3.63) is 53.3 Å². The van der Waals surface area contributed by atoms with Gasteiger partial charge in [-0.3, -0.25) is 0 Å². The van der Waals surface area contributed by atoms with Gasteiger partial charge >= 0.3 is 0 Å². The molecule has 140 valence electrons. The van der Waals surface area contributed by atoms with Crippen LogP contribution < -0.4 is 10.2 Å². The Hall–Kier alpha value is -2.19. The SMILES string of the molecule is CS(=O)(=O)c1ccc2ncnc(NC3CCN(c4ccc(Br)cc4)C3)c2c1. The van der Waals surface area contributed by atoms with Crippen LogP contribution in [0.2, 0.25) is 0 Å². The molecule has 4 rings (SSSR count). The molecule has 1 unspecified atom stereocenters. The molecule has 27 heavy (non-hydrogen) atoms. The first kappa shape index (κ1) is 18.2. The Morgan fingerprint density at radius 2 is 1.93 bits per heavy atom. The third-order valence-electron chi connectivity index (χ3n) is 4.76. The first-order chi connectivity index (χ1) is 12.9. The van der Waals surface area contributed by atoms with Gasteiger partial charge in [-0.2, -0.15) is 0 Å². The van der Waals surface area contributed by atoms with Crippen LogP contribution in [0, 0.1) is 0 Å². The fraction of sp³-hybridized carbons (Fsp3) is 0.263. The molecular weight excluding hydrogens is 428 g/mol. The molecule has 0 spiro atoms. The minimum Gasteiger partial charge on any atom is -0.369 e. The number of benzene rings is 2. The Kier molecular flexibility index (Phi) is 4.77. The van der Waals surface area contributed by atoms with Crippen LogP contribution in [0.15, 0.2) is 58.2 Å². The summed E-state index contributed by atoms with van der Waals surface area (Å²) in [6.45, 7) is 1.82. The average Bonchev–Trinajstić information content (AvgIpc) is 3.10. The van der Waals surface area contributed by atoms with Crippen molar-refractivity contribution in [1.29, 1.82) is 0 Å². The van der Waals surface area contributed by atoms with E-state index in [9.17, 15) is 8.42 Å². The fourth-order valence-electron chi connectivity index (χ4n) is 3.34. The van der Waals surface area contributed by atoms with Gasteiger partial charge in [-0.05, 0) is 48.9 Å². The molecule has 0 aliphatic carbocycles. The Morgan fingerprint density at radius 3 is 2.67 bits per heavy atom. The topological polar surface area (TPSA) is 75.2 Å². The number of hydrogen-bond acceptors (Lipinski definition) is 6. The Morgan fingerprint density at radius 1 is 1.15 bits per heavy atom. The summed E-state index contributed by atoms with van der Waals surface area (Å²) in [6, 6.07) is 13.5. The Balaban J connectivity index is 1.57. The zero-order valence-corrected chi connectivity index (χ0v) is 17.2. The van der Waals surface area contributed by atoms with Crippen molar-refractivity contribution in [3.8, 4) is 0 Å². The number of sulfone groups is 1. The van der Waals surface area contributed by atoms with E-state index in [1.165, 1.54) is 18.3 Å². The molecule has 2 aromatic carbocycles. The summed E-state index contributed by atoms with van der Waals surface area (Å²) < 4.78 is 24.8. The zero-order chi connectivity index (χ0) is 19.0. The number of fused-ring (bicyclic) bond motifs is 1. The molecule has 1 saturated heterocycles. The number of anilines is 2. The van der Waals surface area contributed by atoms with Crippen molar-refractivity contribution in [2.45, 2.75) is 17.4 Å². The first-order valence-corrected chi connectivity index (χ1v) is 11.3. The summed E-state index contributed by atoms with van der Waals surface area (Å²) in [4.78, 5) is 11.2. The van der Waals surface area contributed by atoms with E-state index in [1.54, 1.807) is 18.2 Å². The molecule has 2 heterocycles. The maximum atomic E-state index is 11.9. The lowest BCUT2D eigenvalue weighted by atomic mass is 10.2. The molecule has 1 fully saturated rings. The molecule has 8 heteroatoms. The number of aromatic nitrogens is 2. The smallest absolute Gasteiger partial charge is 0.175 e. The van der Waals surface area contributed by atoms with Crippen molar-refractivity contribution >= 4 is 48.2 Å². The summed E-state index contributed by atoms with van der Waals surface area (Å²) in [6.07, 6.45) is 3.69. The van der Waals surface area contributed by atoms with Crippen LogP contribution in [0.5, 0.6) is 0 Å². The lowest BCUT2D eigenvalue weighted by molar-refractivity contribution is 0.602. The van der Waals surface area contributed by atoms with Crippen LogP contribution in [-0.2, 0) is 9.84 Å². The molecule has 0 bridgehead atoms. The highest BCUT2D eigenvalue weighted by molar-refractivity contribution is 9.10. The van der Waals surface area contributed by atoms with Gasteiger partial charge in [-0.1, -0.05) is 15.9 Å². The number of nitrogens with one attached hydrogen (secondary N) is 1. The van der Waals surface area contributed by atoms with E-state index >= 15 is 0 Å². The highest BCUT2D eigenvalue weighted by Crippen LogP contribution is 2.27. The first-order valence-electron chi connectivity index (χ1n) is 8.62. The zero-order valence-electron chi connectivity index (χ0n) is 14.8. The summed E-state index contributed by atoms with van der Waals surface area (Å²) in [5.41, 5.74) is 1.91. The summed E-state index contributed by atoms with van der Waals surface area (Å²) in [5, 5.41) is 4.20.